The Labute approximate surface area is 114 Å². The lowest BCUT2D eigenvalue weighted by molar-refractivity contribution is 0.340. The van der Waals surface area contributed by atoms with Crippen LogP contribution in [-0.4, -0.2) is 12.6 Å². The summed E-state index contributed by atoms with van der Waals surface area (Å²) >= 11 is 0. The first-order valence-corrected chi connectivity index (χ1v) is 6.75. The van der Waals surface area contributed by atoms with Crippen molar-refractivity contribution in [3.63, 3.8) is 0 Å². The Hall–Kier alpha value is -1.74. The highest BCUT2D eigenvalue weighted by Gasteiger charge is 2.10. The van der Waals surface area contributed by atoms with Crippen molar-refractivity contribution >= 4 is 0 Å². The molecule has 0 aliphatic rings. The van der Waals surface area contributed by atoms with E-state index in [9.17, 15) is 0 Å². The van der Waals surface area contributed by atoms with Crippen LogP contribution in [0.15, 0.2) is 40.8 Å². The van der Waals surface area contributed by atoms with E-state index in [1.807, 2.05) is 43.3 Å². The molecule has 0 saturated carbocycles. The lowest BCUT2D eigenvalue weighted by Gasteiger charge is -2.08. The number of hydrogen-bond acceptors (Lipinski definition) is 3. The van der Waals surface area contributed by atoms with Crippen molar-refractivity contribution in [2.75, 3.05) is 6.61 Å². The number of ether oxygens (including phenoxy) is 1. The summed E-state index contributed by atoms with van der Waals surface area (Å²) in [6.07, 6.45) is 0. The maximum Gasteiger partial charge on any atom is 0.138 e. The molecule has 102 valence electrons. The summed E-state index contributed by atoms with van der Waals surface area (Å²) in [5, 5.41) is 3.34. The summed E-state index contributed by atoms with van der Waals surface area (Å²) in [7, 11) is 0. The van der Waals surface area contributed by atoms with Crippen LogP contribution in [0.5, 0.6) is 5.75 Å². The second-order valence-corrected chi connectivity index (χ2v) is 4.73. The van der Waals surface area contributed by atoms with Crippen molar-refractivity contribution in [1.29, 1.82) is 0 Å². The SMILES string of the molecule is CCOc1ccccc1-c1ccc(CNC(C)C)o1. The summed E-state index contributed by atoms with van der Waals surface area (Å²) in [5.41, 5.74) is 1.00. The minimum atomic E-state index is 0.448. The van der Waals surface area contributed by atoms with Gasteiger partial charge >= 0.3 is 0 Å². The van der Waals surface area contributed by atoms with E-state index in [1.54, 1.807) is 0 Å². The van der Waals surface area contributed by atoms with Crippen LogP contribution in [0.4, 0.5) is 0 Å². The van der Waals surface area contributed by atoms with Gasteiger partial charge < -0.3 is 14.5 Å². The van der Waals surface area contributed by atoms with Gasteiger partial charge in [0.2, 0.25) is 0 Å². The number of rotatable bonds is 6. The zero-order valence-corrected chi connectivity index (χ0v) is 11.8. The van der Waals surface area contributed by atoms with Crippen molar-refractivity contribution in [2.24, 2.45) is 0 Å². The minimum absolute atomic E-state index is 0.448. The molecule has 1 heterocycles. The fourth-order valence-electron chi connectivity index (χ4n) is 1.87. The Kier molecular flexibility index (Phi) is 4.63. The van der Waals surface area contributed by atoms with Gasteiger partial charge in [0.1, 0.15) is 17.3 Å². The normalized spacial score (nSPS) is 10.9. The maximum absolute atomic E-state index is 5.86. The molecular weight excluding hydrogens is 238 g/mol. The van der Waals surface area contributed by atoms with Gasteiger partial charge in [-0.05, 0) is 31.2 Å². The largest absolute Gasteiger partial charge is 0.493 e. The zero-order chi connectivity index (χ0) is 13.7. The van der Waals surface area contributed by atoms with Crippen LogP contribution in [0.25, 0.3) is 11.3 Å². The quantitative estimate of drug-likeness (QED) is 0.855. The molecule has 0 radical (unpaired) electrons. The van der Waals surface area contributed by atoms with Crippen LogP contribution in [0.1, 0.15) is 26.5 Å². The fraction of sp³-hybridized carbons (Fsp3) is 0.375. The molecule has 0 aliphatic carbocycles. The molecule has 0 spiro atoms. The lowest BCUT2D eigenvalue weighted by Crippen LogP contribution is -2.21. The lowest BCUT2D eigenvalue weighted by atomic mass is 10.1. The molecule has 0 unspecified atom stereocenters. The molecule has 2 rings (SSSR count). The number of benzene rings is 1. The molecule has 0 fully saturated rings. The highest BCUT2D eigenvalue weighted by Crippen LogP contribution is 2.31. The van der Waals surface area contributed by atoms with E-state index in [-0.39, 0.29) is 0 Å². The molecule has 3 heteroatoms. The van der Waals surface area contributed by atoms with Crippen molar-refractivity contribution in [3.8, 4) is 17.1 Å². The van der Waals surface area contributed by atoms with E-state index in [1.165, 1.54) is 0 Å². The van der Waals surface area contributed by atoms with Crippen molar-refractivity contribution in [3.05, 3.63) is 42.2 Å². The molecule has 2 aromatic rings. The number of para-hydroxylation sites is 1. The van der Waals surface area contributed by atoms with Gasteiger partial charge in [0.15, 0.2) is 0 Å². The number of hydrogen-bond donors (Lipinski definition) is 1. The second-order valence-electron chi connectivity index (χ2n) is 4.73. The average molecular weight is 259 g/mol. The zero-order valence-electron chi connectivity index (χ0n) is 11.8. The third-order valence-corrected chi connectivity index (χ3v) is 2.80. The summed E-state index contributed by atoms with van der Waals surface area (Å²) < 4.78 is 11.5. The summed E-state index contributed by atoms with van der Waals surface area (Å²) in [6.45, 7) is 7.62. The van der Waals surface area contributed by atoms with Gasteiger partial charge in [-0.2, -0.15) is 0 Å². The monoisotopic (exact) mass is 259 g/mol. The number of furan rings is 1. The fourth-order valence-corrected chi connectivity index (χ4v) is 1.87. The molecule has 0 bridgehead atoms. The standard InChI is InChI=1S/C16H21NO2/c1-4-18-15-8-6-5-7-14(15)16-10-9-13(19-16)11-17-12(2)3/h5-10,12,17H,4,11H2,1-3H3. The van der Waals surface area contributed by atoms with Crippen molar-refractivity contribution < 1.29 is 9.15 Å². The Bertz CT molecular complexity index is 517. The third-order valence-electron chi connectivity index (χ3n) is 2.80. The highest BCUT2D eigenvalue weighted by molar-refractivity contribution is 5.65. The molecule has 1 aromatic carbocycles. The predicted molar refractivity (Wildman–Crippen MR) is 77.3 cm³/mol. The molecular formula is C16H21NO2. The van der Waals surface area contributed by atoms with Crippen LogP contribution >= 0.6 is 0 Å². The maximum atomic E-state index is 5.86. The molecule has 0 aliphatic heterocycles. The van der Waals surface area contributed by atoms with E-state index in [4.69, 9.17) is 9.15 Å². The van der Waals surface area contributed by atoms with Crippen molar-refractivity contribution in [1.82, 2.24) is 5.32 Å². The van der Waals surface area contributed by atoms with E-state index >= 15 is 0 Å². The average Bonchev–Trinajstić information content (AvgIpc) is 2.86. The van der Waals surface area contributed by atoms with Gasteiger partial charge in [-0.25, -0.2) is 0 Å². The highest BCUT2D eigenvalue weighted by atomic mass is 16.5. The second kappa shape index (κ2) is 6.43. The first kappa shape index (κ1) is 13.7. The van der Waals surface area contributed by atoms with Crippen LogP contribution in [0.2, 0.25) is 0 Å². The summed E-state index contributed by atoms with van der Waals surface area (Å²) in [6, 6.07) is 12.4. The van der Waals surface area contributed by atoms with Crippen LogP contribution in [-0.2, 0) is 6.54 Å². The van der Waals surface area contributed by atoms with E-state index in [0.29, 0.717) is 12.6 Å². The van der Waals surface area contributed by atoms with Gasteiger partial charge in [-0.15, -0.1) is 0 Å². The van der Waals surface area contributed by atoms with E-state index < -0.39 is 0 Å². The van der Waals surface area contributed by atoms with Gasteiger partial charge in [0.25, 0.3) is 0 Å². The van der Waals surface area contributed by atoms with Crippen LogP contribution < -0.4 is 10.1 Å². The topological polar surface area (TPSA) is 34.4 Å². The van der Waals surface area contributed by atoms with E-state index in [2.05, 4.69) is 19.2 Å². The molecule has 1 N–H and O–H groups in total. The predicted octanol–water partition coefficient (Wildman–Crippen LogP) is 3.84. The van der Waals surface area contributed by atoms with Crippen molar-refractivity contribution in [2.45, 2.75) is 33.4 Å². The van der Waals surface area contributed by atoms with Crippen LogP contribution in [0, 0.1) is 0 Å². The molecule has 0 saturated heterocycles. The van der Waals surface area contributed by atoms with E-state index in [0.717, 1.165) is 29.4 Å². The first-order chi connectivity index (χ1) is 9.20. The molecule has 3 nitrogen and oxygen atoms in total. The minimum Gasteiger partial charge on any atom is -0.493 e. The molecule has 0 amide bonds. The Morgan fingerprint density at radius 1 is 1.16 bits per heavy atom. The molecule has 19 heavy (non-hydrogen) atoms. The summed E-state index contributed by atoms with van der Waals surface area (Å²) in [5.74, 6) is 2.65. The third kappa shape index (κ3) is 3.61. The van der Waals surface area contributed by atoms with Gasteiger partial charge in [-0.3, -0.25) is 0 Å². The Morgan fingerprint density at radius 3 is 2.68 bits per heavy atom. The van der Waals surface area contributed by atoms with Gasteiger partial charge in [0, 0.05) is 6.04 Å². The Morgan fingerprint density at radius 2 is 1.95 bits per heavy atom. The van der Waals surface area contributed by atoms with Crippen LogP contribution in [0.3, 0.4) is 0 Å². The van der Waals surface area contributed by atoms with Gasteiger partial charge in [-0.1, -0.05) is 26.0 Å². The smallest absolute Gasteiger partial charge is 0.138 e. The first-order valence-electron chi connectivity index (χ1n) is 6.75. The Balaban J connectivity index is 2.18. The number of nitrogens with one attached hydrogen (secondary N) is 1. The summed E-state index contributed by atoms with van der Waals surface area (Å²) in [4.78, 5) is 0. The van der Waals surface area contributed by atoms with Gasteiger partial charge in [0.05, 0.1) is 18.7 Å². The molecule has 0 atom stereocenters. The molecule has 1 aromatic heterocycles.